The molecule has 0 radical (unpaired) electrons. The van der Waals surface area contributed by atoms with E-state index in [4.69, 9.17) is 0 Å². The minimum Gasteiger partial charge on any atom is -0.310 e. The third kappa shape index (κ3) is 4.47. The van der Waals surface area contributed by atoms with E-state index in [1.807, 2.05) is 4.90 Å². The largest absolute Gasteiger partial charge is 0.310 e. The lowest BCUT2D eigenvalue weighted by atomic mass is 9.83. The number of carbonyl (C=O) groups is 1. The highest BCUT2D eigenvalue weighted by molar-refractivity contribution is 5.89. The van der Waals surface area contributed by atoms with E-state index in [2.05, 4.69) is 67.7 Å². The topological polar surface area (TPSA) is 20.3 Å². The molecular weight excluding hydrogens is 270 g/mol. The summed E-state index contributed by atoms with van der Waals surface area (Å²) in [4.78, 5) is 14.7. The molecule has 0 fully saturated rings. The van der Waals surface area contributed by atoms with Crippen LogP contribution >= 0.6 is 0 Å². The first-order chi connectivity index (χ1) is 10.1. The van der Waals surface area contributed by atoms with E-state index in [9.17, 15) is 4.79 Å². The van der Waals surface area contributed by atoms with E-state index < -0.39 is 0 Å². The molecule has 1 atom stereocenters. The highest BCUT2D eigenvalue weighted by atomic mass is 16.2. The fourth-order valence-corrected chi connectivity index (χ4v) is 2.71. The molecule has 0 aromatic carbocycles. The Balaban J connectivity index is 3.30. The van der Waals surface area contributed by atoms with Gasteiger partial charge in [0.05, 0.1) is 0 Å². The number of carbonyl (C=O) groups excluding carboxylic acids is 1. The van der Waals surface area contributed by atoms with Gasteiger partial charge in [0.15, 0.2) is 0 Å². The highest BCUT2D eigenvalue weighted by Crippen LogP contribution is 2.32. The number of nitrogens with zero attached hydrogens (tertiary/aromatic N) is 1. The van der Waals surface area contributed by atoms with Crippen molar-refractivity contribution in [2.75, 3.05) is 0 Å². The monoisotopic (exact) mass is 305 g/mol. The van der Waals surface area contributed by atoms with E-state index in [-0.39, 0.29) is 11.4 Å². The molecule has 0 saturated heterocycles. The molecule has 0 aromatic heterocycles. The zero-order chi connectivity index (χ0) is 17.1. The van der Waals surface area contributed by atoms with Crippen molar-refractivity contribution in [3.05, 3.63) is 23.9 Å². The lowest BCUT2D eigenvalue weighted by Crippen LogP contribution is -2.47. The summed E-state index contributed by atoms with van der Waals surface area (Å²) < 4.78 is 0. The average molecular weight is 306 g/mol. The number of hydrogen-bond acceptors (Lipinski definition) is 1. The van der Waals surface area contributed by atoms with E-state index in [1.165, 1.54) is 5.57 Å². The molecule has 1 aliphatic heterocycles. The molecule has 0 bridgehead atoms. The molecule has 1 rings (SSSR count). The minimum atomic E-state index is -0.181. The van der Waals surface area contributed by atoms with Crippen molar-refractivity contribution in [3.8, 4) is 0 Å². The normalized spacial score (nSPS) is 25.0. The summed E-state index contributed by atoms with van der Waals surface area (Å²) in [5.74, 6) is 2.22. The average Bonchev–Trinajstić information content (AvgIpc) is 2.47. The van der Waals surface area contributed by atoms with Gasteiger partial charge in [-0.15, -0.1) is 0 Å². The lowest BCUT2D eigenvalue weighted by Gasteiger charge is -2.40. The molecule has 1 heterocycles. The van der Waals surface area contributed by atoms with Crippen molar-refractivity contribution in [3.63, 3.8) is 0 Å². The van der Waals surface area contributed by atoms with Gasteiger partial charge < -0.3 is 4.90 Å². The zero-order valence-corrected chi connectivity index (χ0v) is 15.8. The Morgan fingerprint density at radius 2 is 1.73 bits per heavy atom. The van der Waals surface area contributed by atoms with Gasteiger partial charge >= 0.3 is 0 Å². The molecule has 2 heteroatoms. The molecule has 2 nitrogen and oxygen atoms in total. The van der Waals surface area contributed by atoms with Crippen molar-refractivity contribution in [2.24, 2.45) is 23.7 Å². The minimum absolute atomic E-state index is 0.112. The third-order valence-corrected chi connectivity index (χ3v) is 5.45. The molecule has 0 N–H and O–H groups in total. The predicted octanol–water partition coefficient (Wildman–Crippen LogP) is 5.41. The first-order valence-corrected chi connectivity index (χ1v) is 8.77. The quantitative estimate of drug-likeness (QED) is 0.680. The van der Waals surface area contributed by atoms with Crippen LogP contribution in [0.5, 0.6) is 0 Å². The van der Waals surface area contributed by atoms with Crippen molar-refractivity contribution < 1.29 is 4.79 Å². The van der Waals surface area contributed by atoms with Crippen LogP contribution in [0.4, 0.5) is 0 Å². The third-order valence-electron chi connectivity index (χ3n) is 5.45. The molecule has 0 spiro atoms. The summed E-state index contributed by atoms with van der Waals surface area (Å²) in [6.07, 6.45) is 8.08. The number of allylic oxidation sites excluding steroid dienone is 2. The first-order valence-electron chi connectivity index (χ1n) is 8.77. The summed E-state index contributed by atoms with van der Waals surface area (Å²) in [5, 5.41) is 0. The number of hydrogen-bond donors (Lipinski definition) is 0. The Hall–Kier alpha value is -1.05. The van der Waals surface area contributed by atoms with Crippen molar-refractivity contribution in [1.82, 2.24) is 4.90 Å². The van der Waals surface area contributed by atoms with Crippen LogP contribution in [0.25, 0.3) is 0 Å². The smallest absolute Gasteiger partial charge is 0.250 e. The van der Waals surface area contributed by atoms with Gasteiger partial charge in [0.2, 0.25) is 0 Å². The van der Waals surface area contributed by atoms with Crippen molar-refractivity contribution >= 4 is 5.91 Å². The van der Waals surface area contributed by atoms with Gasteiger partial charge in [-0.3, -0.25) is 4.79 Å². The molecule has 0 aliphatic carbocycles. The van der Waals surface area contributed by atoms with Crippen LogP contribution in [0.2, 0.25) is 0 Å². The van der Waals surface area contributed by atoms with Gasteiger partial charge in [0.25, 0.3) is 5.91 Å². The van der Waals surface area contributed by atoms with Crippen LogP contribution in [0.15, 0.2) is 23.9 Å². The molecular formula is C20H35NO. The summed E-state index contributed by atoms with van der Waals surface area (Å²) in [6, 6.07) is 0. The summed E-state index contributed by atoms with van der Waals surface area (Å²) in [6.45, 7) is 17.7. The number of amides is 1. The lowest BCUT2D eigenvalue weighted by molar-refractivity contribution is -0.128. The molecule has 1 unspecified atom stereocenters. The van der Waals surface area contributed by atoms with E-state index in [0.29, 0.717) is 23.7 Å². The fourth-order valence-electron chi connectivity index (χ4n) is 2.71. The molecule has 22 heavy (non-hydrogen) atoms. The molecule has 0 saturated carbocycles. The second-order valence-electron chi connectivity index (χ2n) is 8.22. The van der Waals surface area contributed by atoms with E-state index in [0.717, 1.165) is 12.8 Å². The number of rotatable bonds is 4. The molecule has 1 aliphatic rings. The van der Waals surface area contributed by atoms with E-state index >= 15 is 0 Å². The summed E-state index contributed by atoms with van der Waals surface area (Å²) in [7, 11) is 0. The second kappa shape index (κ2) is 7.48. The van der Waals surface area contributed by atoms with E-state index in [1.54, 1.807) is 6.08 Å². The van der Waals surface area contributed by atoms with Crippen molar-refractivity contribution in [1.29, 1.82) is 0 Å². The van der Waals surface area contributed by atoms with Crippen LogP contribution in [0, 0.1) is 23.7 Å². The SMILES string of the molecule is CC(C)/C1=C/N(C(C)(C)C(C)C)C(=O)/C=C\CC(C(C)C)C1. The van der Waals surface area contributed by atoms with Gasteiger partial charge in [0, 0.05) is 11.7 Å². The maximum atomic E-state index is 12.7. The van der Waals surface area contributed by atoms with Crippen LogP contribution < -0.4 is 0 Å². The summed E-state index contributed by atoms with van der Waals surface area (Å²) in [5.41, 5.74) is 1.21. The van der Waals surface area contributed by atoms with Gasteiger partial charge in [0.1, 0.15) is 0 Å². The Labute approximate surface area is 137 Å². The molecule has 0 aromatic rings. The second-order valence-corrected chi connectivity index (χ2v) is 8.22. The van der Waals surface area contributed by atoms with Crippen LogP contribution in [-0.2, 0) is 4.79 Å². The Bertz CT molecular complexity index is 441. The predicted molar refractivity (Wildman–Crippen MR) is 95.4 cm³/mol. The maximum Gasteiger partial charge on any atom is 0.250 e. The fraction of sp³-hybridized carbons (Fsp3) is 0.750. The van der Waals surface area contributed by atoms with Crippen molar-refractivity contribution in [2.45, 2.75) is 73.8 Å². The molecule has 1 amide bonds. The Kier molecular flexibility index (Phi) is 6.46. The van der Waals surface area contributed by atoms with Gasteiger partial charge in [-0.25, -0.2) is 0 Å². The van der Waals surface area contributed by atoms with Gasteiger partial charge in [-0.05, 0) is 56.4 Å². The highest BCUT2D eigenvalue weighted by Gasteiger charge is 2.33. The van der Waals surface area contributed by atoms with Crippen LogP contribution in [-0.4, -0.2) is 16.3 Å². The Morgan fingerprint density at radius 1 is 1.14 bits per heavy atom. The van der Waals surface area contributed by atoms with Gasteiger partial charge in [-0.1, -0.05) is 53.2 Å². The Morgan fingerprint density at radius 3 is 2.18 bits per heavy atom. The summed E-state index contributed by atoms with van der Waals surface area (Å²) >= 11 is 0. The zero-order valence-electron chi connectivity index (χ0n) is 15.8. The van der Waals surface area contributed by atoms with Gasteiger partial charge in [-0.2, -0.15) is 0 Å². The standard InChI is InChI=1S/C20H35NO/c1-14(2)17-10-9-11-19(22)21(20(7,8)16(5)6)13-18(12-17)15(3)4/h9,11,13-17H,10,12H2,1-8H3/b11-9-,18-13+. The first kappa shape index (κ1) is 19.0. The maximum absolute atomic E-state index is 12.7. The molecule has 126 valence electrons. The van der Waals surface area contributed by atoms with Crippen LogP contribution in [0.3, 0.4) is 0 Å². The van der Waals surface area contributed by atoms with Crippen LogP contribution in [0.1, 0.15) is 68.2 Å².